The number of rotatable bonds is 3. The summed E-state index contributed by atoms with van der Waals surface area (Å²) >= 11 is 0. The van der Waals surface area contributed by atoms with Crippen molar-refractivity contribution < 1.29 is 0 Å². The highest BCUT2D eigenvalue weighted by molar-refractivity contribution is 5.47. The van der Waals surface area contributed by atoms with Crippen molar-refractivity contribution in [2.24, 2.45) is 0 Å². The summed E-state index contributed by atoms with van der Waals surface area (Å²) < 4.78 is 0. The van der Waals surface area contributed by atoms with E-state index in [-0.39, 0.29) is 0 Å². The first kappa shape index (κ1) is 8.52. The highest BCUT2D eigenvalue weighted by Gasteiger charge is 2.28. The highest BCUT2D eigenvalue weighted by atomic mass is 15.3. The molecule has 2 rings (SSSR count). The minimum atomic E-state index is 0.787. The van der Waals surface area contributed by atoms with Crippen LogP contribution in [0, 0.1) is 0 Å². The van der Waals surface area contributed by atoms with Gasteiger partial charge in [-0.15, -0.1) is 0 Å². The van der Waals surface area contributed by atoms with Crippen LogP contribution >= 0.6 is 0 Å². The third-order valence-electron chi connectivity index (χ3n) is 2.68. The van der Waals surface area contributed by atoms with Crippen LogP contribution in [0.25, 0.3) is 6.08 Å². The fourth-order valence-electron chi connectivity index (χ4n) is 1.57. The second kappa shape index (κ2) is 3.35. The van der Waals surface area contributed by atoms with Crippen LogP contribution in [0.2, 0.25) is 0 Å². The van der Waals surface area contributed by atoms with Gasteiger partial charge in [0.05, 0.1) is 0 Å². The van der Waals surface area contributed by atoms with Gasteiger partial charge in [0.25, 0.3) is 0 Å². The maximum Gasteiger partial charge on any atom is 0.0261 e. The molecular formula is C12H15N. The molecule has 0 bridgehead atoms. The predicted octanol–water partition coefficient (Wildman–Crippen LogP) is 2.19. The lowest BCUT2D eigenvalue weighted by Crippen LogP contribution is -1.98. The molecule has 0 amide bonds. The summed E-state index contributed by atoms with van der Waals surface area (Å²) in [5.41, 5.74) is 2.63. The van der Waals surface area contributed by atoms with E-state index in [2.05, 4.69) is 42.8 Å². The molecule has 1 aliphatic heterocycles. The zero-order chi connectivity index (χ0) is 9.26. The van der Waals surface area contributed by atoms with E-state index in [9.17, 15) is 0 Å². The summed E-state index contributed by atoms with van der Waals surface area (Å²) in [6, 6.07) is 9.44. The van der Waals surface area contributed by atoms with E-state index in [1.54, 1.807) is 0 Å². The fraction of sp³-hybridized carbons (Fsp3) is 0.333. The summed E-state index contributed by atoms with van der Waals surface area (Å²) in [6.07, 6.45) is 3.07. The molecule has 0 aromatic heterocycles. The molecule has 2 atom stereocenters. The molecule has 1 nitrogen and oxygen atoms in total. The lowest BCUT2D eigenvalue weighted by Gasteiger charge is -2.00. The first-order valence-corrected chi connectivity index (χ1v) is 4.71. The van der Waals surface area contributed by atoms with Crippen molar-refractivity contribution in [3.63, 3.8) is 0 Å². The molecule has 0 saturated carbocycles. The van der Waals surface area contributed by atoms with Gasteiger partial charge >= 0.3 is 0 Å². The summed E-state index contributed by atoms with van der Waals surface area (Å²) in [4.78, 5) is 2.36. The number of hydrogen-bond donors (Lipinski definition) is 0. The van der Waals surface area contributed by atoms with Gasteiger partial charge in [0.1, 0.15) is 0 Å². The van der Waals surface area contributed by atoms with Gasteiger partial charge in [-0.05, 0) is 24.6 Å². The Kier molecular flexibility index (Phi) is 2.19. The van der Waals surface area contributed by atoms with Crippen molar-refractivity contribution >= 4 is 6.08 Å². The Hall–Kier alpha value is -1.08. The molecule has 1 aliphatic rings. The van der Waals surface area contributed by atoms with E-state index in [1.165, 1.54) is 24.1 Å². The molecular weight excluding hydrogens is 158 g/mol. The van der Waals surface area contributed by atoms with Gasteiger partial charge in [0, 0.05) is 12.6 Å². The van der Waals surface area contributed by atoms with E-state index in [4.69, 9.17) is 0 Å². The Bertz CT molecular complexity index is 299. The summed E-state index contributed by atoms with van der Waals surface area (Å²) in [6.45, 7) is 4.99. The molecule has 0 radical (unpaired) electrons. The molecule has 0 spiro atoms. The minimum absolute atomic E-state index is 0.787. The lowest BCUT2D eigenvalue weighted by atomic mass is 10.1. The van der Waals surface area contributed by atoms with Crippen LogP contribution in [0.15, 0.2) is 30.8 Å². The standard InChI is InChI=1S/C12H15N/c1-3-10-4-6-11(7-5-10)8-12-9-13(12)2/h3-7,12H,1,8-9H2,2H3. The van der Waals surface area contributed by atoms with Crippen LogP contribution in [0.1, 0.15) is 11.1 Å². The zero-order valence-electron chi connectivity index (χ0n) is 8.03. The van der Waals surface area contributed by atoms with Gasteiger partial charge in [-0.3, -0.25) is 0 Å². The second-order valence-electron chi connectivity index (χ2n) is 3.74. The van der Waals surface area contributed by atoms with Gasteiger partial charge < -0.3 is 4.90 Å². The summed E-state index contributed by atoms with van der Waals surface area (Å²) in [7, 11) is 2.17. The normalized spacial score (nSPS) is 25.6. The maximum absolute atomic E-state index is 3.74. The van der Waals surface area contributed by atoms with Gasteiger partial charge in [0.2, 0.25) is 0 Å². The van der Waals surface area contributed by atoms with Crippen molar-refractivity contribution in [3.05, 3.63) is 42.0 Å². The quantitative estimate of drug-likeness (QED) is 0.633. The third-order valence-corrected chi connectivity index (χ3v) is 2.68. The van der Waals surface area contributed by atoms with Crippen LogP contribution in [-0.4, -0.2) is 24.5 Å². The molecule has 0 N–H and O–H groups in total. The number of nitrogens with zero attached hydrogens (tertiary/aromatic N) is 1. The number of hydrogen-bond acceptors (Lipinski definition) is 1. The topological polar surface area (TPSA) is 3.01 Å². The van der Waals surface area contributed by atoms with E-state index in [0.29, 0.717) is 0 Å². The molecule has 2 unspecified atom stereocenters. The van der Waals surface area contributed by atoms with Gasteiger partial charge in [0.15, 0.2) is 0 Å². The highest BCUT2D eigenvalue weighted by Crippen LogP contribution is 2.19. The second-order valence-corrected chi connectivity index (χ2v) is 3.74. The van der Waals surface area contributed by atoms with E-state index in [0.717, 1.165) is 6.04 Å². The van der Waals surface area contributed by atoms with E-state index >= 15 is 0 Å². The molecule has 0 aliphatic carbocycles. The monoisotopic (exact) mass is 173 g/mol. The van der Waals surface area contributed by atoms with E-state index < -0.39 is 0 Å². The van der Waals surface area contributed by atoms with Crippen molar-refractivity contribution in [1.82, 2.24) is 4.90 Å². The van der Waals surface area contributed by atoms with Gasteiger partial charge in [-0.2, -0.15) is 0 Å². The third kappa shape index (κ3) is 1.99. The van der Waals surface area contributed by atoms with Crippen molar-refractivity contribution in [3.8, 4) is 0 Å². The first-order chi connectivity index (χ1) is 6.29. The Morgan fingerprint density at radius 2 is 2.08 bits per heavy atom. The molecule has 1 aromatic rings. The average Bonchev–Trinajstić information content (AvgIpc) is 2.83. The summed E-state index contributed by atoms with van der Waals surface area (Å²) in [5.74, 6) is 0. The predicted molar refractivity (Wildman–Crippen MR) is 56.7 cm³/mol. The van der Waals surface area contributed by atoms with Crippen LogP contribution in [0.4, 0.5) is 0 Å². The Balaban J connectivity index is 2.01. The Labute approximate surface area is 79.7 Å². The van der Waals surface area contributed by atoms with Crippen LogP contribution in [-0.2, 0) is 6.42 Å². The average molecular weight is 173 g/mol. The lowest BCUT2D eigenvalue weighted by molar-refractivity contribution is 0.611. The largest absolute Gasteiger partial charge is 0.300 e. The van der Waals surface area contributed by atoms with Crippen LogP contribution < -0.4 is 0 Å². The fourth-order valence-corrected chi connectivity index (χ4v) is 1.57. The Morgan fingerprint density at radius 3 is 2.54 bits per heavy atom. The van der Waals surface area contributed by atoms with Crippen molar-refractivity contribution in [1.29, 1.82) is 0 Å². The Morgan fingerprint density at radius 1 is 1.46 bits per heavy atom. The molecule has 1 heteroatoms. The number of benzene rings is 1. The van der Waals surface area contributed by atoms with Crippen LogP contribution in [0.5, 0.6) is 0 Å². The maximum atomic E-state index is 3.74. The smallest absolute Gasteiger partial charge is 0.0261 e. The van der Waals surface area contributed by atoms with E-state index in [1.807, 2.05) is 6.08 Å². The minimum Gasteiger partial charge on any atom is -0.300 e. The molecule has 13 heavy (non-hydrogen) atoms. The van der Waals surface area contributed by atoms with Gasteiger partial charge in [-0.1, -0.05) is 36.9 Å². The number of likely N-dealkylation sites (N-methyl/N-ethyl adjacent to an activating group) is 1. The summed E-state index contributed by atoms with van der Waals surface area (Å²) in [5, 5.41) is 0. The van der Waals surface area contributed by atoms with Crippen LogP contribution in [0.3, 0.4) is 0 Å². The van der Waals surface area contributed by atoms with Crippen molar-refractivity contribution in [2.75, 3.05) is 13.6 Å². The zero-order valence-corrected chi connectivity index (χ0v) is 8.03. The van der Waals surface area contributed by atoms with Crippen molar-refractivity contribution in [2.45, 2.75) is 12.5 Å². The molecule has 1 aromatic carbocycles. The molecule has 68 valence electrons. The molecule has 1 heterocycles. The first-order valence-electron chi connectivity index (χ1n) is 4.71. The van der Waals surface area contributed by atoms with Gasteiger partial charge in [-0.25, -0.2) is 0 Å². The molecule has 1 fully saturated rings. The SMILES string of the molecule is C=Cc1ccc(CC2CN2C)cc1. The molecule has 1 saturated heterocycles.